The predicted octanol–water partition coefficient (Wildman–Crippen LogP) is 2.02. The first kappa shape index (κ1) is 22.6. The number of hydrogen-bond acceptors (Lipinski definition) is 8. The molecular weight excluding hydrogens is 454 g/mol. The minimum Gasteiger partial charge on any atom is -0.457 e. The summed E-state index contributed by atoms with van der Waals surface area (Å²) in [4.78, 5) is 42.3. The van der Waals surface area contributed by atoms with Crippen LogP contribution in [0.5, 0.6) is 0 Å². The third-order valence-electron chi connectivity index (χ3n) is 5.41. The average molecular weight is 478 g/mol. The molecule has 2 aliphatic heterocycles. The molecule has 1 amide bonds. The van der Waals surface area contributed by atoms with Crippen molar-refractivity contribution in [1.29, 1.82) is 0 Å². The molecule has 0 unspecified atom stereocenters. The van der Waals surface area contributed by atoms with Crippen molar-refractivity contribution in [3.05, 3.63) is 40.9 Å². The van der Waals surface area contributed by atoms with E-state index >= 15 is 0 Å². The molecule has 1 aromatic carbocycles. The maximum Gasteiger partial charge on any atom is 0.312 e. The molecule has 0 N–H and O–H groups in total. The number of rotatable bonds is 8. The molecule has 11 heteroatoms. The van der Waals surface area contributed by atoms with E-state index in [0.717, 1.165) is 19.3 Å². The molecule has 0 aliphatic carbocycles. The normalized spacial score (nSPS) is 17.1. The van der Waals surface area contributed by atoms with Crippen molar-refractivity contribution in [2.24, 2.45) is 0 Å². The lowest BCUT2D eigenvalue weighted by molar-refractivity contribution is -0.141. The Kier molecular flexibility index (Phi) is 6.68. The van der Waals surface area contributed by atoms with Crippen LogP contribution in [0, 0.1) is 0 Å². The number of hydrogen-bond donors (Lipinski definition) is 0. The van der Waals surface area contributed by atoms with Crippen molar-refractivity contribution in [2.45, 2.75) is 37.0 Å². The Morgan fingerprint density at radius 1 is 1.06 bits per heavy atom. The van der Waals surface area contributed by atoms with E-state index < -0.39 is 28.4 Å². The number of carbonyl (C=O) groups is 3. The number of anilines is 1. The number of thiazole rings is 1. The Labute approximate surface area is 190 Å². The lowest BCUT2D eigenvalue weighted by atomic mass is 10.1. The second-order valence-electron chi connectivity index (χ2n) is 7.67. The number of Topliss-reactive ketones (excluding diaryl/α,β-unsaturated/α-hetero) is 1. The number of benzene rings is 1. The molecule has 0 spiro atoms. The van der Waals surface area contributed by atoms with Gasteiger partial charge in [-0.25, -0.2) is 13.4 Å². The van der Waals surface area contributed by atoms with Crippen LogP contribution in [-0.2, 0) is 30.8 Å². The number of amides is 1. The molecule has 32 heavy (non-hydrogen) atoms. The minimum atomic E-state index is -3.54. The summed E-state index contributed by atoms with van der Waals surface area (Å²) >= 11 is 1.29. The maximum atomic E-state index is 12.6. The van der Waals surface area contributed by atoms with Crippen molar-refractivity contribution in [1.82, 2.24) is 9.29 Å². The van der Waals surface area contributed by atoms with Gasteiger partial charge in [-0.05, 0) is 43.5 Å². The lowest BCUT2D eigenvalue weighted by Crippen LogP contribution is -2.27. The predicted molar refractivity (Wildman–Crippen MR) is 117 cm³/mol. The fourth-order valence-corrected chi connectivity index (χ4v) is 6.06. The second kappa shape index (κ2) is 9.47. The van der Waals surface area contributed by atoms with Crippen LogP contribution < -0.4 is 4.90 Å². The van der Waals surface area contributed by atoms with E-state index in [0.29, 0.717) is 36.9 Å². The topological polar surface area (TPSA) is 114 Å². The third kappa shape index (κ3) is 4.89. The summed E-state index contributed by atoms with van der Waals surface area (Å²) in [6.07, 6.45) is 2.89. The molecule has 2 aliphatic rings. The number of ketones is 1. The molecule has 0 saturated carbocycles. The summed E-state index contributed by atoms with van der Waals surface area (Å²) in [6, 6.07) is 5.66. The Balaban J connectivity index is 1.29. The fourth-order valence-electron chi connectivity index (χ4n) is 3.67. The highest BCUT2D eigenvalue weighted by Gasteiger charge is 2.27. The molecule has 2 saturated heterocycles. The first-order valence-electron chi connectivity index (χ1n) is 10.4. The first-order valence-corrected chi connectivity index (χ1v) is 12.7. The number of carbonyl (C=O) groups excluding carboxylic acids is 3. The highest BCUT2D eigenvalue weighted by Crippen LogP contribution is 2.25. The van der Waals surface area contributed by atoms with Crippen LogP contribution >= 0.6 is 11.3 Å². The van der Waals surface area contributed by atoms with Gasteiger partial charge in [0.05, 0.1) is 17.0 Å². The van der Waals surface area contributed by atoms with E-state index in [9.17, 15) is 22.8 Å². The Hall–Kier alpha value is -2.63. The highest BCUT2D eigenvalue weighted by atomic mass is 32.2. The summed E-state index contributed by atoms with van der Waals surface area (Å²) in [5.41, 5.74) is 0.750. The van der Waals surface area contributed by atoms with E-state index in [4.69, 9.17) is 4.74 Å². The van der Waals surface area contributed by atoms with E-state index in [1.165, 1.54) is 39.9 Å². The van der Waals surface area contributed by atoms with Crippen molar-refractivity contribution in [3.63, 3.8) is 0 Å². The molecular formula is C21H23N3O6S2. The van der Waals surface area contributed by atoms with Crippen molar-refractivity contribution >= 4 is 44.2 Å². The second-order valence-corrected chi connectivity index (χ2v) is 10.4. The molecule has 9 nitrogen and oxygen atoms in total. The molecule has 4 rings (SSSR count). The summed E-state index contributed by atoms with van der Waals surface area (Å²) in [5, 5.41) is 2.26. The van der Waals surface area contributed by atoms with Crippen molar-refractivity contribution in [2.75, 3.05) is 31.1 Å². The maximum absolute atomic E-state index is 12.6. The van der Waals surface area contributed by atoms with E-state index in [1.54, 1.807) is 10.3 Å². The van der Waals surface area contributed by atoms with Crippen LogP contribution in [0.15, 0.2) is 34.5 Å². The van der Waals surface area contributed by atoms with Gasteiger partial charge >= 0.3 is 5.97 Å². The number of esters is 1. The Morgan fingerprint density at radius 2 is 1.78 bits per heavy atom. The van der Waals surface area contributed by atoms with Gasteiger partial charge in [0.2, 0.25) is 15.9 Å². The van der Waals surface area contributed by atoms with Crippen LogP contribution in [0.2, 0.25) is 0 Å². The van der Waals surface area contributed by atoms with Gasteiger partial charge in [0.15, 0.2) is 17.5 Å². The highest BCUT2D eigenvalue weighted by molar-refractivity contribution is 7.89. The SMILES string of the molecule is O=C(Cc1csc(N2CCCC2=O)n1)OCC(=O)c1ccc(S(=O)(=O)N2CCCC2)cc1. The monoisotopic (exact) mass is 477 g/mol. The third-order valence-corrected chi connectivity index (χ3v) is 8.24. The largest absolute Gasteiger partial charge is 0.457 e. The summed E-state index contributed by atoms with van der Waals surface area (Å²) < 4.78 is 31.6. The van der Waals surface area contributed by atoms with Crippen LogP contribution in [0.4, 0.5) is 5.13 Å². The number of aromatic nitrogens is 1. The zero-order valence-electron chi connectivity index (χ0n) is 17.4. The summed E-state index contributed by atoms with van der Waals surface area (Å²) in [7, 11) is -3.54. The van der Waals surface area contributed by atoms with E-state index in [2.05, 4.69) is 4.98 Å². The van der Waals surface area contributed by atoms with E-state index in [-0.39, 0.29) is 22.8 Å². The Bertz CT molecular complexity index is 1120. The molecule has 2 fully saturated rings. The average Bonchev–Trinajstić information content (AvgIpc) is 3.54. The van der Waals surface area contributed by atoms with Gasteiger partial charge in [0.25, 0.3) is 0 Å². The van der Waals surface area contributed by atoms with Crippen LogP contribution in [0.3, 0.4) is 0 Å². The minimum absolute atomic E-state index is 0.0262. The molecule has 0 atom stereocenters. The fraction of sp³-hybridized carbons (Fsp3) is 0.429. The van der Waals surface area contributed by atoms with Gasteiger partial charge in [-0.1, -0.05) is 0 Å². The van der Waals surface area contributed by atoms with Crippen molar-refractivity contribution in [3.8, 4) is 0 Å². The van der Waals surface area contributed by atoms with Gasteiger partial charge in [0, 0.05) is 37.0 Å². The molecule has 1 aromatic heterocycles. The quantitative estimate of drug-likeness (QED) is 0.422. The summed E-state index contributed by atoms with van der Waals surface area (Å²) in [5.74, 6) is -1.00. The molecule has 0 radical (unpaired) electrons. The van der Waals surface area contributed by atoms with Gasteiger partial charge in [-0.2, -0.15) is 4.31 Å². The van der Waals surface area contributed by atoms with Gasteiger partial charge in [-0.15, -0.1) is 11.3 Å². The smallest absolute Gasteiger partial charge is 0.312 e. The lowest BCUT2D eigenvalue weighted by Gasteiger charge is -2.15. The number of ether oxygens (including phenoxy) is 1. The Morgan fingerprint density at radius 3 is 2.44 bits per heavy atom. The van der Waals surface area contributed by atoms with Gasteiger partial charge < -0.3 is 4.74 Å². The standard InChI is InChI=1S/C21H23N3O6S2/c25-18(15-5-7-17(8-6-15)32(28,29)23-9-1-2-10-23)13-30-20(27)12-16-14-31-21(22-16)24-11-3-4-19(24)26/h5-8,14H,1-4,9-13H2. The van der Waals surface area contributed by atoms with Crippen LogP contribution in [-0.4, -0.2) is 61.6 Å². The van der Waals surface area contributed by atoms with E-state index in [1.807, 2.05) is 0 Å². The first-order chi connectivity index (χ1) is 15.3. The van der Waals surface area contributed by atoms with Crippen LogP contribution in [0.25, 0.3) is 0 Å². The van der Waals surface area contributed by atoms with Crippen molar-refractivity contribution < 1.29 is 27.5 Å². The van der Waals surface area contributed by atoms with Crippen LogP contribution in [0.1, 0.15) is 41.7 Å². The molecule has 2 aromatic rings. The molecule has 3 heterocycles. The summed E-state index contributed by atoms with van der Waals surface area (Å²) in [6.45, 7) is 1.20. The zero-order chi connectivity index (χ0) is 22.7. The molecule has 170 valence electrons. The van der Waals surface area contributed by atoms with Gasteiger partial charge in [-0.3, -0.25) is 19.3 Å². The van der Waals surface area contributed by atoms with Gasteiger partial charge in [0.1, 0.15) is 0 Å². The number of sulfonamides is 1. The zero-order valence-corrected chi connectivity index (χ0v) is 19.0. The molecule has 0 bridgehead atoms. The number of nitrogens with zero attached hydrogens (tertiary/aromatic N) is 3.